The van der Waals surface area contributed by atoms with Gasteiger partial charge in [-0.15, -0.1) is 0 Å². The SMILES string of the molecule is CCCCCCCCOC1(C#N)C=CC(c2ccccc2)C=C1. The zero-order valence-electron chi connectivity index (χ0n) is 14.1. The number of nitrogens with zero attached hydrogens (tertiary/aromatic N) is 1. The standard InChI is InChI=1S/C21H27NO/c1-2-3-4-5-6-10-17-23-21(18-22)15-13-20(14-16-21)19-11-8-7-9-12-19/h7-9,11-16,20H,2-6,10,17H2,1H3. The molecule has 2 heteroatoms. The Bertz CT molecular complexity index is 539. The van der Waals surface area contributed by atoms with Gasteiger partial charge in [-0.3, -0.25) is 0 Å². The summed E-state index contributed by atoms with van der Waals surface area (Å²) < 4.78 is 5.88. The first kappa shape index (κ1) is 17.5. The normalized spacial score (nSPS) is 22.9. The zero-order chi connectivity index (χ0) is 16.4. The van der Waals surface area contributed by atoms with Crippen molar-refractivity contribution in [3.63, 3.8) is 0 Å². The summed E-state index contributed by atoms with van der Waals surface area (Å²) in [6, 6.07) is 12.6. The van der Waals surface area contributed by atoms with Gasteiger partial charge in [0.05, 0.1) is 0 Å². The van der Waals surface area contributed by atoms with Crippen LogP contribution in [0.15, 0.2) is 54.6 Å². The average molecular weight is 309 g/mol. The van der Waals surface area contributed by atoms with Gasteiger partial charge in [0.15, 0.2) is 5.60 Å². The lowest BCUT2D eigenvalue weighted by Crippen LogP contribution is -2.28. The van der Waals surface area contributed by atoms with E-state index in [2.05, 4.69) is 37.3 Å². The fraction of sp³-hybridized carbons (Fsp3) is 0.476. The molecule has 1 aromatic carbocycles. The van der Waals surface area contributed by atoms with Crippen molar-refractivity contribution in [3.05, 3.63) is 60.2 Å². The molecule has 0 radical (unpaired) electrons. The minimum absolute atomic E-state index is 0.232. The molecule has 23 heavy (non-hydrogen) atoms. The molecular formula is C21H27NO. The van der Waals surface area contributed by atoms with Gasteiger partial charge >= 0.3 is 0 Å². The summed E-state index contributed by atoms with van der Waals surface area (Å²) in [6.45, 7) is 2.87. The summed E-state index contributed by atoms with van der Waals surface area (Å²) in [6.07, 6.45) is 15.3. The molecule has 0 bridgehead atoms. The van der Waals surface area contributed by atoms with Crippen LogP contribution < -0.4 is 0 Å². The fourth-order valence-electron chi connectivity index (χ4n) is 2.84. The first-order valence-electron chi connectivity index (χ1n) is 8.78. The first-order chi connectivity index (χ1) is 11.3. The van der Waals surface area contributed by atoms with E-state index in [4.69, 9.17) is 4.74 Å². The molecule has 0 amide bonds. The average Bonchev–Trinajstić information content (AvgIpc) is 2.62. The summed E-state index contributed by atoms with van der Waals surface area (Å²) >= 11 is 0. The maximum absolute atomic E-state index is 9.49. The molecule has 0 saturated carbocycles. The third kappa shape index (κ3) is 5.37. The van der Waals surface area contributed by atoms with Crippen LogP contribution in [-0.2, 0) is 4.74 Å². The Labute approximate surface area is 140 Å². The lowest BCUT2D eigenvalue weighted by molar-refractivity contribution is 0.0629. The van der Waals surface area contributed by atoms with Gasteiger partial charge in [-0.25, -0.2) is 0 Å². The molecule has 122 valence electrons. The molecule has 0 N–H and O–H groups in total. The minimum atomic E-state index is -0.880. The summed E-state index contributed by atoms with van der Waals surface area (Å²) in [5.74, 6) is 0.232. The van der Waals surface area contributed by atoms with E-state index >= 15 is 0 Å². The predicted octanol–water partition coefficient (Wildman–Crippen LogP) is 5.54. The number of benzene rings is 1. The van der Waals surface area contributed by atoms with Crippen LogP contribution in [0.3, 0.4) is 0 Å². The maximum Gasteiger partial charge on any atom is 0.191 e. The maximum atomic E-state index is 9.49. The molecule has 2 nitrogen and oxygen atoms in total. The minimum Gasteiger partial charge on any atom is -0.353 e. The molecule has 2 rings (SSSR count). The molecule has 0 spiro atoms. The van der Waals surface area contributed by atoms with E-state index in [0.29, 0.717) is 6.61 Å². The number of ether oxygens (including phenoxy) is 1. The van der Waals surface area contributed by atoms with Gasteiger partial charge in [0.2, 0.25) is 0 Å². The van der Waals surface area contributed by atoms with Crippen LogP contribution in [0.5, 0.6) is 0 Å². The highest BCUT2D eigenvalue weighted by molar-refractivity contribution is 5.39. The van der Waals surface area contributed by atoms with Crippen molar-refractivity contribution in [2.75, 3.05) is 6.61 Å². The number of hydrogen-bond donors (Lipinski definition) is 0. The Morgan fingerprint density at radius 1 is 1.00 bits per heavy atom. The topological polar surface area (TPSA) is 33.0 Å². The third-order valence-corrected chi connectivity index (χ3v) is 4.30. The van der Waals surface area contributed by atoms with E-state index in [1.165, 1.54) is 37.7 Å². The van der Waals surface area contributed by atoms with Crippen LogP contribution in [0.4, 0.5) is 0 Å². The Morgan fingerprint density at radius 3 is 2.30 bits per heavy atom. The van der Waals surface area contributed by atoms with E-state index in [1.54, 1.807) is 0 Å². The Kier molecular flexibility index (Phi) is 7.10. The lowest BCUT2D eigenvalue weighted by Gasteiger charge is -2.25. The first-order valence-corrected chi connectivity index (χ1v) is 8.78. The molecule has 1 aliphatic carbocycles. The molecule has 0 heterocycles. The van der Waals surface area contributed by atoms with Crippen LogP contribution in [0.25, 0.3) is 0 Å². The van der Waals surface area contributed by atoms with Gasteiger partial charge in [-0.1, -0.05) is 81.5 Å². The third-order valence-electron chi connectivity index (χ3n) is 4.30. The van der Waals surface area contributed by atoms with Crippen molar-refractivity contribution in [2.24, 2.45) is 0 Å². The van der Waals surface area contributed by atoms with Crippen molar-refractivity contribution < 1.29 is 4.74 Å². The Morgan fingerprint density at radius 2 is 1.65 bits per heavy atom. The van der Waals surface area contributed by atoms with E-state index in [0.717, 1.165) is 6.42 Å². The van der Waals surface area contributed by atoms with Gasteiger partial charge in [0.1, 0.15) is 6.07 Å². The molecular weight excluding hydrogens is 282 g/mol. The van der Waals surface area contributed by atoms with Gasteiger partial charge in [0, 0.05) is 12.5 Å². The second-order valence-electron chi connectivity index (χ2n) is 6.18. The molecule has 1 aromatic rings. The van der Waals surface area contributed by atoms with Crippen molar-refractivity contribution >= 4 is 0 Å². The Hall–Kier alpha value is -1.85. The quantitative estimate of drug-likeness (QED) is 0.443. The molecule has 0 unspecified atom stereocenters. The second-order valence-corrected chi connectivity index (χ2v) is 6.18. The summed E-state index contributed by atoms with van der Waals surface area (Å²) in [4.78, 5) is 0. The molecule has 0 atom stereocenters. The molecule has 0 aliphatic heterocycles. The number of unbranched alkanes of at least 4 members (excludes halogenated alkanes) is 5. The van der Waals surface area contributed by atoms with Gasteiger partial charge < -0.3 is 4.74 Å². The highest BCUT2D eigenvalue weighted by Gasteiger charge is 2.27. The molecule has 1 aliphatic rings. The highest BCUT2D eigenvalue weighted by atomic mass is 16.5. The van der Waals surface area contributed by atoms with Gasteiger partial charge in [0.25, 0.3) is 0 Å². The van der Waals surface area contributed by atoms with Crippen LogP contribution in [0.1, 0.15) is 56.9 Å². The lowest BCUT2D eigenvalue weighted by atomic mass is 9.89. The van der Waals surface area contributed by atoms with E-state index in [9.17, 15) is 5.26 Å². The van der Waals surface area contributed by atoms with E-state index in [1.807, 2.05) is 30.4 Å². The van der Waals surface area contributed by atoms with Crippen LogP contribution >= 0.6 is 0 Å². The number of allylic oxidation sites excluding steroid dienone is 2. The largest absolute Gasteiger partial charge is 0.353 e. The molecule has 0 aromatic heterocycles. The van der Waals surface area contributed by atoms with Crippen molar-refractivity contribution in [1.82, 2.24) is 0 Å². The second kappa shape index (κ2) is 9.33. The summed E-state index contributed by atoms with van der Waals surface area (Å²) in [5, 5.41) is 9.49. The van der Waals surface area contributed by atoms with E-state index in [-0.39, 0.29) is 5.92 Å². The van der Waals surface area contributed by atoms with Crippen molar-refractivity contribution in [2.45, 2.75) is 57.0 Å². The predicted molar refractivity (Wildman–Crippen MR) is 95.1 cm³/mol. The van der Waals surface area contributed by atoms with Gasteiger partial charge in [-0.2, -0.15) is 5.26 Å². The monoisotopic (exact) mass is 309 g/mol. The van der Waals surface area contributed by atoms with Crippen LogP contribution in [-0.4, -0.2) is 12.2 Å². The number of rotatable bonds is 9. The van der Waals surface area contributed by atoms with Gasteiger partial charge in [-0.05, 0) is 24.1 Å². The summed E-state index contributed by atoms with van der Waals surface area (Å²) in [5.41, 5.74) is 0.358. The molecule has 0 saturated heterocycles. The van der Waals surface area contributed by atoms with Crippen LogP contribution in [0.2, 0.25) is 0 Å². The molecule has 0 fully saturated rings. The zero-order valence-corrected chi connectivity index (χ0v) is 14.1. The fourth-order valence-corrected chi connectivity index (χ4v) is 2.84. The van der Waals surface area contributed by atoms with Crippen molar-refractivity contribution in [3.8, 4) is 6.07 Å². The van der Waals surface area contributed by atoms with E-state index < -0.39 is 5.60 Å². The Balaban J connectivity index is 1.79. The van der Waals surface area contributed by atoms with Crippen LogP contribution in [0, 0.1) is 11.3 Å². The number of hydrogen-bond acceptors (Lipinski definition) is 2. The van der Waals surface area contributed by atoms with Crippen molar-refractivity contribution in [1.29, 1.82) is 5.26 Å². The smallest absolute Gasteiger partial charge is 0.191 e. The number of nitriles is 1. The highest BCUT2D eigenvalue weighted by Crippen LogP contribution is 2.28. The summed E-state index contributed by atoms with van der Waals surface area (Å²) in [7, 11) is 0.